The molecule has 1 aromatic heterocycles. The number of aliphatic hydroxyl groups is 1. The highest BCUT2D eigenvalue weighted by molar-refractivity contribution is 5.75. The van der Waals surface area contributed by atoms with Gasteiger partial charge in [-0.15, -0.1) is 0 Å². The highest BCUT2D eigenvalue weighted by Crippen LogP contribution is 2.23. The summed E-state index contributed by atoms with van der Waals surface area (Å²) in [4.78, 5) is 11.5. The number of nitrogens with zero attached hydrogens (tertiary/aromatic N) is 2. The van der Waals surface area contributed by atoms with Crippen molar-refractivity contribution in [2.75, 3.05) is 18.5 Å². The Labute approximate surface area is 132 Å². The standard InChI is InChI=1S/C15H18F2N4O2/c1-10(15-12(16)3-2-4-13(15)17)20-11-7-19-21(8-11)9-14(23)18-5-6-22/h2-4,7-8,10,20,22H,5-6,9H2,1H3,(H,18,23). The van der Waals surface area contributed by atoms with Crippen LogP contribution in [0.4, 0.5) is 14.5 Å². The van der Waals surface area contributed by atoms with Crippen molar-refractivity contribution in [2.24, 2.45) is 0 Å². The van der Waals surface area contributed by atoms with Crippen LogP contribution in [-0.4, -0.2) is 33.9 Å². The van der Waals surface area contributed by atoms with Crippen LogP contribution in [0, 0.1) is 11.6 Å². The van der Waals surface area contributed by atoms with Gasteiger partial charge in [-0.25, -0.2) is 8.78 Å². The second-order valence-corrected chi connectivity index (χ2v) is 5.00. The number of aliphatic hydroxyl groups excluding tert-OH is 1. The zero-order chi connectivity index (χ0) is 16.8. The van der Waals surface area contributed by atoms with E-state index in [1.165, 1.54) is 29.1 Å². The van der Waals surface area contributed by atoms with Gasteiger partial charge in [0.2, 0.25) is 5.91 Å². The van der Waals surface area contributed by atoms with Crippen LogP contribution in [0.1, 0.15) is 18.5 Å². The average molecular weight is 324 g/mol. The number of carbonyl (C=O) groups excluding carboxylic acids is 1. The molecule has 0 aliphatic carbocycles. The fraction of sp³-hybridized carbons (Fsp3) is 0.333. The van der Waals surface area contributed by atoms with Gasteiger partial charge in [-0.1, -0.05) is 6.07 Å². The number of hydrogen-bond acceptors (Lipinski definition) is 4. The maximum absolute atomic E-state index is 13.7. The first-order valence-corrected chi connectivity index (χ1v) is 7.11. The molecule has 0 aliphatic rings. The third kappa shape index (κ3) is 4.49. The number of halogens is 2. The number of benzene rings is 1. The van der Waals surface area contributed by atoms with Gasteiger partial charge in [0.15, 0.2) is 0 Å². The second-order valence-electron chi connectivity index (χ2n) is 5.00. The fourth-order valence-electron chi connectivity index (χ4n) is 2.17. The quantitative estimate of drug-likeness (QED) is 0.720. The SMILES string of the molecule is CC(Nc1cnn(CC(=O)NCCO)c1)c1c(F)cccc1F. The van der Waals surface area contributed by atoms with E-state index >= 15 is 0 Å². The number of hydrogen-bond donors (Lipinski definition) is 3. The van der Waals surface area contributed by atoms with Crippen LogP contribution in [0.2, 0.25) is 0 Å². The van der Waals surface area contributed by atoms with Crippen molar-refractivity contribution in [1.82, 2.24) is 15.1 Å². The Morgan fingerprint density at radius 1 is 1.39 bits per heavy atom. The minimum Gasteiger partial charge on any atom is -0.395 e. The predicted octanol–water partition coefficient (Wildman–Crippen LogP) is 1.44. The Balaban J connectivity index is 2.00. The Morgan fingerprint density at radius 3 is 2.74 bits per heavy atom. The van der Waals surface area contributed by atoms with E-state index in [0.29, 0.717) is 5.69 Å². The van der Waals surface area contributed by atoms with E-state index in [1.807, 2.05) is 0 Å². The van der Waals surface area contributed by atoms with E-state index in [2.05, 4.69) is 15.7 Å². The topological polar surface area (TPSA) is 79.2 Å². The van der Waals surface area contributed by atoms with Gasteiger partial charge in [-0.05, 0) is 19.1 Å². The molecule has 1 unspecified atom stereocenters. The van der Waals surface area contributed by atoms with E-state index in [9.17, 15) is 13.6 Å². The van der Waals surface area contributed by atoms with Crippen molar-refractivity contribution in [3.05, 3.63) is 47.8 Å². The lowest BCUT2D eigenvalue weighted by Crippen LogP contribution is -2.30. The van der Waals surface area contributed by atoms with E-state index < -0.39 is 17.7 Å². The minimum absolute atomic E-state index is 0.00980. The Kier molecular flexibility index (Phi) is 5.64. The highest BCUT2D eigenvalue weighted by atomic mass is 19.1. The van der Waals surface area contributed by atoms with Crippen LogP contribution in [0.3, 0.4) is 0 Å². The van der Waals surface area contributed by atoms with Crippen molar-refractivity contribution in [3.63, 3.8) is 0 Å². The average Bonchev–Trinajstić information content (AvgIpc) is 2.91. The molecule has 0 bridgehead atoms. The lowest BCUT2D eigenvalue weighted by Gasteiger charge is -2.15. The van der Waals surface area contributed by atoms with Crippen molar-refractivity contribution in [3.8, 4) is 0 Å². The molecule has 1 aromatic carbocycles. The summed E-state index contributed by atoms with van der Waals surface area (Å²) in [5, 5.41) is 18.1. The number of aromatic nitrogens is 2. The van der Waals surface area contributed by atoms with Gasteiger partial charge in [0.25, 0.3) is 0 Å². The summed E-state index contributed by atoms with van der Waals surface area (Å²) in [6.45, 7) is 1.66. The van der Waals surface area contributed by atoms with E-state index in [0.717, 1.165) is 0 Å². The van der Waals surface area contributed by atoms with Crippen LogP contribution in [0.5, 0.6) is 0 Å². The van der Waals surface area contributed by atoms with Crippen LogP contribution in [0.15, 0.2) is 30.6 Å². The summed E-state index contributed by atoms with van der Waals surface area (Å²) in [6.07, 6.45) is 3.03. The molecule has 0 radical (unpaired) electrons. The Morgan fingerprint density at radius 2 is 2.09 bits per heavy atom. The molecule has 8 heteroatoms. The number of anilines is 1. The monoisotopic (exact) mass is 324 g/mol. The largest absolute Gasteiger partial charge is 0.395 e. The van der Waals surface area contributed by atoms with Crippen molar-refractivity contribution in [2.45, 2.75) is 19.5 Å². The first-order chi connectivity index (χ1) is 11.0. The molecule has 2 rings (SSSR count). The summed E-state index contributed by atoms with van der Waals surface area (Å²) >= 11 is 0. The number of carbonyl (C=O) groups is 1. The van der Waals surface area contributed by atoms with Gasteiger partial charge < -0.3 is 15.7 Å². The first-order valence-electron chi connectivity index (χ1n) is 7.11. The molecular formula is C15H18F2N4O2. The maximum Gasteiger partial charge on any atom is 0.241 e. The molecule has 0 fully saturated rings. The van der Waals surface area contributed by atoms with Crippen molar-refractivity contribution >= 4 is 11.6 Å². The molecule has 0 saturated heterocycles. The molecule has 0 aliphatic heterocycles. The molecule has 6 nitrogen and oxygen atoms in total. The lowest BCUT2D eigenvalue weighted by atomic mass is 10.1. The van der Waals surface area contributed by atoms with E-state index in [1.54, 1.807) is 13.1 Å². The molecular weight excluding hydrogens is 306 g/mol. The number of amides is 1. The third-order valence-corrected chi connectivity index (χ3v) is 3.19. The molecule has 1 heterocycles. The Bertz CT molecular complexity index is 655. The molecule has 124 valence electrons. The molecule has 1 amide bonds. The van der Waals surface area contributed by atoms with Crippen molar-refractivity contribution in [1.29, 1.82) is 0 Å². The second kappa shape index (κ2) is 7.68. The van der Waals surface area contributed by atoms with E-state index in [-0.39, 0.29) is 31.2 Å². The zero-order valence-electron chi connectivity index (χ0n) is 12.6. The van der Waals surface area contributed by atoms with Gasteiger partial charge in [0.1, 0.15) is 18.2 Å². The van der Waals surface area contributed by atoms with Gasteiger partial charge in [0, 0.05) is 18.3 Å². The molecule has 23 heavy (non-hydrogen) atoms. The minimum atomic E-state index is -0.624. The summed E-state index contributed by atoms with van der Waals surface area (Å²) in [5.74, 6) is -1.54. The molecule has 0 saturated carbocycles. The van der Waals surface area contributed by atoms with Gasteiger partial charge in [0.05, 0.1) is 24.5 Å². The summed E-state index contributed by atoms with van der Waals surface area (Å²) in [5.41, 5.74) is 0.482. The van der Waals surface area contributed by atoms with Gasteiger partial charge in [-0.3, -0.25) is 9.48 Å². The normalized spacial score (nSPS) is 12.0. The number of nitrogens with one attached hydrogen (secondary N) is 2. The van der Waals surface area contributed by atoms with Crippen LogP contribution in [0.25, 0.3) is 0 Å². The molecule has 2 aromatic rings. The predicted molar refractivity (Wildman–Crippen MR) is 80.7 cm³/mol. The van der Waals surface area contributed by atoms with E-state index in [4.69, 9.17) is 5.11 Å². The Hall–Kier alpha value is -2.48. The number of rotatable bonds is 7. The van der Waals surface area contributed by atoms with Gasteiger partial charge >= 0.3 is 0 Å². The van der Waals surface area contributed by atoms with Gasteiger partial charge in [-0.2, -0.15) is 5.10 Å². The smallest absolute Gasteiger partial charge is 0.241 e. The highest BCUT2D eigenvalue weighted by Gasteiger charge is 2.16. The van der Waals surface area contributed by atoms with Crippen LogP contribution >= 0.6 is 0 Å². The molecule has 1 atom stereocenters. The van der Waals surface area contributed by atoms with Crippen LogP contribution < -0.4 is 10.6 Å². The summed E-state index contributed by atoms with van der Waals surface area (Å²) in [6, 6.07) is 3.11. The van der Waals surface area contributed by atoms with Crippen molar-refractivity contribution < 1.29 is 18.7 Å². The molecule has 3 N–H and O–H groups in total. The third-order valence-electron chi connectivity index (χ3n) is 3.19. The first kappa shape index (κ1) is 16.9. The zero-order valence-corrected chi connectivity index (χ0v) is 12.6. The lowest BCUT2D eigenvalue weighted by molar-refractivity contribution is -0.122. The summed E-state index contributed by atoms with van der Waals surface area (Å²) in [7, 11) is 0. The van der Waals surface area contributed by atoms with Crippen LogP contribution in [-0.2, 0) is 11.3 Å². The fourth-order valence-corrected chi connectivity index (χ4v) is 2.17. The maximum atomic E-state index is 13.7. The molecule has 0 spiro atoms. The summed E-state index contributed by atoms with van der Waals surface area (Å²) < 4.78 is 28.8.